The maximum atomic E-state index is 9.47. The van der Waals surface area contributed by atoms with Crippen LogP contribution in [0, 0.1) is 0 Å². The number of phenolic OH excluding ortho intramolecular Hbond substituents is 3. The first-order valence-electron chi connectivity index (χ1n) is 11.7. The van der Waals surface area contributed by atoms with E-state index in [2.05, 4.69) is 6.08 Å². The van der Waals surface area contributed by atoms with Crippen LogP contribution < -0.4 is 14.2 Å². The van der Waals surface area contributed by atoms with Gasteiger partial charge >= 0.3 is 0 Å². The van der Waals surface area contributed by atoms with E-state index in [4.69, 9.17) is 14.2 Å². The molecule has 0 fully saturated rings. The van der Waals surface area contributed by atoms with Crippen molar-refractivity contribution >= 4 is 23.3 Å². The van der Waals surface area contributed by atoms with Gasteiger partial charge in [0.15, 0.2) is 0 Å². The zero-order valence-electron chi connectivity index (χ0n) is 20.2. The summed E-state index contributed by atoms with van der Waals surface area (Å²) in [6.45, 7) is 0.920. The quantitative estimate of drug-likeness (QED) is 0.307. The van der Waals surface area contributed by atoms with Crippen LogP contribution in [0.15, 0.2) is 84.9 Å². The maximum absolute atomic E-state index is 9.47. The molecule has 0 bridgehead atoms. The summed E-state index contributed by atoms with van der Waals surface area (Å²) in [5, 5.41) is 28.3. The highest BCUT2D eigenvalue weighted by atomic mass is 16.5. The molecular weight excluding hydrogens is 468 g/mol. The molecule has 0 amide bonds. The highest BCUT2D eigenvalue weighted by molar-refractivity contribution is 5.87. The topological polar surface area (TPSA) is 88.4 Å². The molecule has 2 aliphatic heterocycles. The molecule has 186 valence electrons. The Hall–Kier alpha value is -4.84. The fraction of sp³-hybridized carbons (Fsp3) is 0.0968. The van der Waals surface area contributed by atoms with Crippen molar-refractivity contribution in [3.05, 3.63) is 107 Å². The average Bonchev–Trinajstić information content (AvgIpc) is 2.93. The number of hydrogen-bond acceptors (Lipinski definition) is 6. The maximum Gasteiger partial charge on any atom is 0.130 e. The van der Waals surface area contributed by atoms with Gasteiger partial charge in [-0.3, -0.25) is 0 Å². The van der Waals surface area contributed by atoms with Crippen molar-refractivity contribution < 1.29 is 29.5 Å². The fourth-order valence-electron chi connectivity index (χ4n) is 4.17. The van der Waals surface area contributed by atoms with Crippen molar-refractivity contribution in [2.45, 2.75) is 0 Å². The van der Waals surface area contributed by atoms with Crippen LogP contribution in [0.2, 0.25) is 0 Å². The molecule has 37 heavy (non-hydrogen) atoms. The third-order valence-corrected chi connectivity index (χ3v) is 6.08. The smallest absolute Gasteiger partial charge is 0.130 e. The summed E-state index contributed by atoms with van der Waals surface area (Å²) in [5.41, 5.74) is 6.02. The van der Waals surface area contributed by atoms with Crippen molar-refractivity contribution in [2.24, 2.45) is 0 Å². The molecule has 6 heteroatoms. The number of benzene rings is 4. The fourth-order valence-corrected chi connectivity index (χ4v) is 4.17. The minimum absolute atomic E-state index is 0.197. The molecule has 0 atom stereocenters. The Morgan fingerprint density at radius 2 is 1.11 bits per heavy atom. The molecular formula is C31H26O6. The van der Waals surface area contributed by atoms with Gasteiger partial charge in [-0.05, 0) is 83.0 Å². The van der Waals surface area contributed by atoms with E-state index in [1.165, 1.54) is 0 Å². The standard InChI is InChI=1S/C16H14O3.C15H12O3/c1-18-15-4-2-3-11(8-15)13-7-12-5-6-14(17)9-16(12)19-10-13;16-13-3-1-2-10(7-13)12-6-11-4-5-14(17)8-15(11)18-9-12/h2-9,17H,10H2,1H3;1-8,16-17H,9H2. The molecule has 0 unspecified atom stereocenters. The van der Waals surface area contributed by atoms with Crippen molar-refractivity contribution in [3.63, 3.8) is 0 Å². The average molecular weight is 495 g/mol. The van der Waals surface area contributed by atoms with Crippen LogP contribution in [0.4, 0.5) is 0 Å². The van der Waals surface area contributed by atoms with E-state index in [-0.39, 0.29) is 17.2 Å². The number of hydrogen-bond donors (Lipinski definition) is 3. The van der Waals surface area contributed by atoms with Crippen molar-refractivity contribution in [1.29, 1.82) is 0 Å². The molecule has 4 aromatic rings. The minimum atomic E-state index is 0.197. The van der Waals surface area contributed by atoms with Crippen LogP contribution in [0.1, 0.15) is 22.3 Å². The highest BCUT2D eigenvalue weighted by Gasteiger charge is 2.15. The van der Waals surface area contributed by atoms with Gasteiger partial charge in [0.05, 0.1) is 7.11 Å². The zero-order valence-corrected chi connectivity index (χ0v) is 20.2. The van der Waals surface area contributed by atoms with Gasteiger partial charge in [0, 0.05) is 23.3 Å². The van der Waals surface area contributed by atoms with Crippen LogP contribution in [0.5, 0.6) is 34.5 Å². The third kappa shape index (κ3) is 5.54. The molecule has 0 saturated carbocycles. The Bertz CT molecular complexity index is 1500. The van der Waals surface area contributed by atoms with Gasteiger partial charge in [-0.15, -0.1) is 0 Å². The first-order valence-corrected chi connectivity index (χ1v) is 11.7. The SMILES string of the molecule is COc1cccc(C2=Cc3ccc(O)cc3OC2)c1.Oc1cccc(C2=Cc3ccc(O)cc3OC2)c1. The van der Waals surface area contributed by atoms with E-state index in [0.717, 1.165) is 39.1 Å². The monoisotopic (exact) mass is 494 g/mol. The first-order chi connectivity index (χ1) is 18.0. The molecule has 0 aromatic heterocycles. The summed E-state index contributed by atoms with van der Waals surface area (Å²) >= 11 is 0. The summed E-state index contributed by atoms with van der Waals surface area (Å²) in [5.74, 6) is 2.88. The van der Waals surface area contributed by atoms with Gasteiger partial charge in [-0.2, -0.15) is 0 Å². The Morgan fingerprint density at radius 3 is 1.65 bits per heavy atom. The van der Waals surface area contributed by atoms with Crippen LogP contribution in [0.3, 0.4) is 0 Å². The summed E-state index contributed by atoms with van der Waals surface area (Å²) < 4.78 is 16.5. The van der Waals surface area contributed by atoms with E-state index in [0.29, 0.717) is 24.7 Å². The van der Waals surface area contributed by atoms with Crippen LogP contribution >= 0.6 is 0 Å². The summed E-state index contributed by atoms with van der Waals surface area (Å²) in [6, 6.07) is 25.2. The first kappa shape index (κ1) is 23.9. The van der Waals surface area contributed by atoms with Crippen LogP contribution in [0.25, 0.3) is 23.3 Å². The predicted octanol–water partition coefficient (Wildman–Crippen LogP) is 6.36. The molecule has 0 spiro atoms. The number of aromatic hydroxyl groups is 3. The van der Waals surface area contributed by atoms with Gasteiger partial charge in [0.1, 0.15) is 47.7 Å². The van der Waals surface area contributed by atoms with E-state index >= 15 is 0 Å². The molecule has 0 aliphatic carbocycles. The molecule has 2 heterocycles. The normalized spacial score (nSPS) is 13.3. The van der Waals surface area contributed by atoms with Gasteiger partial charge in [0.2, 0.25) is 0 Å². The molecule has 3 N–H and O–H groups in total. The van der Waals surface area contributed by atoms with Crippen molar-refractivity contribution in [2.75, 3.05) is 20.3 Å². The van der Waals surface area contributed by atoms with Gasteiger partial charge < -0.3 is 29.5 Å². The van der Waals surface area contributed by atoms with Crippen molar-refractivity contribution in [1.82, 2.24) is 0 Å². The Labute approximate surface area is 214 Å². The number of methoxy groups -OCH3 is 1. The van der Waals surface area contributed by atoms with Crippen LogP contribution in [-0.4, -0.2) is 35.6 Å². The second-order valence-electron chi connectivity index (χ2n) is 8.64. The number of phenols is 3. The molecule has 2 aliphatic rings. The molecule has 6 nitrogen and oxygen atoms in total. The predicted molar refractivity (Wildman–Crippen MR) is 144 cm³/mol. The van der Waals surface area contributed by atoms with E-state index < -0.39 is 0 Å². The number of ether oxygens (including phenoxy) is 3. The zero-order chi connectivity index (χ0) is 25.8. The lowest BCUT2D eigenvalue weighted by atomic mass is 10.0. The minimum Gasteiger partial charge on any atom is -0.508 e. The van der Waals surface area contributed by atoms with E-state index in [9.17, 15) is 15.3 Å². The molecule has 6 rings (SSSR count). The number of fused-ring (bicyclic) bond motifs is 2. The number of rotatable bonds is 3. The third-order valence-electron chi connectivity index (χ3n) is 6.08. The van der Waals surface area contributed by atoms with E-state index in [1.54, 1.807) is 49.6 Å². The summed E-state index contributed by atoms with van der Waals surface area (Å²) in [4.78, 5) is 0. The lowest BCUT2D eigenvalue weighted by molar-refractivity contribution is 0.362. The summed E-state index contributed by atoms with van der Waals surface area (Å²) in [6.07, 6.45) is 4.08. The molecule has 0 radical (unpaired) electrons. The van der Waals surface area contributed by atoms with E-state index in [1.807, 2.05) is 48.5 Å². The Morgan fingerprint density at radius 1 is 0.595 bits per heavy atom. The second kappa shape index (κ2) is 10.4. The Kier molecular flexibility index (Phi) is 6.72. The lowest BCUT2D eigenvalue weighted by Crippen LogP contribution is -2.06. The van der Waals surface area contributed by atoms with Crippen LogP contribution in [-0.2, 0) is 0 Å². The molecule has 0 saturated heterocycles. The second-order valence-corrected chi connectivity index (χ2v) is 8.64. The van der Waals surface area contributed by atoms with Gasteiger partial charge in [-0.1, -0.05) is 24.3 Å². The Balaban J connectivity index is 0.000000152. The highest BCUT2D eigenvalue weighted by Crippen LogP contribution is 2.35. The lowest BCUT2D eigenvalue weighted by Gasteiger charge is -2.18. The van der Waals surface area contributed by atoms with Gasteiger partial charge in [0.25, 0.3) is 0 Å². The molecule has 4 aromatic carbocycles. The summed E-state index contributed by atoms with van der Waals surface area (Å²) in [7, 11) is 1.66. The van der Waals surface area contributed by atoms with Crippen molar-refractivity contribution in [3.8, 4) is 34.5 Å². The largest absolute Gasteiger partial charge is 0.508 e. The van der Waals surface area contributed by atoms with Gasteiger partial charge in [-0.25, -0.2) is 0 Å².